The van der Waals surface area contributed by atoms with E-state index in [2.05, 4.69) is 35.6 Å². The van der Waals surface area contributed by atoms with Gasteiger partial charge in [-0.2, -0.15) is 0 Å². The Kier molecular flexibility index (Phi) is 5.11. The Hall–Kier alpha value is -1.39. The first-order chi connectivity index (χ1) is 10.7. The van der Waals surface area contributed by atoms with Crippen molar-refractivity contribution >= 4 is 5.91 Å². The lowest BCUT2D eigenvalue weighted by Gasteiger charge is -2.33. The molecule has 0 spiro atoms. The van der Waals surface area contributed by atoms with Gasteiger partial charge in [0.1, 0.15) is 0 Å². The summed E-state index contributed by atoms with van der Waals surface area (Å²) in [7, 11) is 0. The molecule has 4 nitrogen and oxygen atoms in total. The molecule has 3 rings (SSSR count). The number of β-amino-alcohol motifs (C(OH)–C–C–N with tert-alkyl or cyclic N) is 1. The number of aliphatic hydroxyl groups excluding tert-OH is 1. The zero-order chi connectivity index (χ0) is 15.4. The molecule has 2 aliphatic rings. The highest BCUT2D eigenvalue weighted by Crippen LogP contribution is 2.23. The first-order valence-electron chi connectivity index (χ1n) is 8.46. The molecule has 2 saturated heterocycles. The van der Waals surface area contributed by atoms with Gasteiger partial charge in [0.05, 0.1) is 12.1 Å². The minimum atomic E-state index is -0.364. The minimum Gasteiger partial charge on any atom is -0.392 e. The largest absolute Gasteiger partial charge is 0.392 e. The van der Waals surface area contributed by atoms with Crippen LogP contribution in [0.1, 0.15) is 31.2 Å². The first-order valence-corrected chi connectivity index (χ1v) is 8.46. The SMILES string of the molecule is O=C([C@@H]1C[C@@H](O)CN1)N1CCC(CCc2ccccc2)CC1. The van der Waals surface area contributed by atoms with Crippen molar-refractivity contribution < 1.29 is 9.90 Å². The van der Waals surface area contributed by atoms with Crippen molar-refractivity contribution in [1.29, 1.82) is 0 Å². The second-order valence-electron chi connectivity index (χ2n) is 6.64. The van der Waals surface area contributed by atoms with E-state index >= 15 is 0 Å². The number of hydrogen-bond acceptors (Lipinski definition) is 3. The van der Waals surface area contributed by atoms with E-state index in [0.29, 0.717) is 13.0 Å². The van der Waals surface area contributed by atoms with Crippen molar-refractivity contribution in [2.45, 2.75) is 44.2 Å². The van der Waals surface area contributed by atoms with Crippen LogP contribution in [0.25, 0.3) is 0 Å². The third-order valence-electron chi connectivity index (χ3n) is 5.02. The quantitative estimate of drug-likeness (QED) is 0.888. The number of hydrogen-bond donors (Lipinski definition) is 2. The molecular weight excluding hydrogens is 276 g/mol. The summed E-state index contributed by atoms with van der Waals surface area (Å²) >= 11 is 0. The molecule has 1 amide bonds. The highest BCUT2D eigenvalue weighted by Gasteiger charge is 2.32. The van der Waals surface area contributed by atoms with Gasteiger partial charge >= 0.3 is 0 Å². The Morgan fingerprint density at radius 1 is 1.23 bits per heavy atom. The fourth-order valence-corrected chi connectivity index (χ4v) is 3.58. The van der Waals surface area contributed by atoms with Gasteiger partial charge in [0.2, 0.25) is 5.91 Å². The Balaban J connectivity index is 1.41. The van der Waals surface area contributed by atoms with E-state index in [1.165, 1.54) is 12.0 Å². The summed E-state index contributed by atoms with van der Waals surface area (Å²) < 4.78 is 0. The number of carbonyl (C=O) groups is 1. The number of likely N-dealkylation sites (tertiary alicyclic amines) is 1. The molecule has 1 aromatic rings. The van der Waals surface area contributed by atoms with Gasteiger partial charge in [-0.25, -0.2) is 0 Å². The number of piperidine rings is 1. The molecule has 2 fully saturated rings. The van der Waals surface area contributed by atoms with E-state index in [4.69, 9.17) is 0 Å². The van der Waals surface area contributed by atoms with Gasteiger partial charge in [0.15, 0.2) is 0 Å². The Morgan fingerprint density at radius 3 is 2.59 bits per heavy atom. The Bertz CT molecular complexity index is 483. The molecule has 2 aliphatic heterocycles. The molecular formula is C18H26N2O2. The predicted molar refractivity (Wildman–Crippen MR) is 86.5 cm³/mol. The fraction of sp³-hybridized carbons (Fsp3) is 0.611. The zero-order valence-electron chi connectivity index (χ0n) is 13.1. The lowest BCUT2D eigenvalue weighted by Crippen LogP contribution is -2.47. The normalized spacial score (nSPS) is 26.3. The lowest BCUT2D eigenvalue weighted by molar-refractivity contribution is -0.134. The van der Waals surface area contributed by atoms with Crippen LogP contribution in [-0.2, 0) is 11.2 Å². The summed E-state index contributed by atoms with van der Waals surface area (Å²) in [5, 5.41) is 12.7. The van der Waals surface area contributed by atoms with E-state index in [1.54, 1.807) is 0 Å². The molecule has 0 aromatic heterocycles. The summed E-state index contributed by atoms with van der Waals surface area (Å²) in [6, 6.07) is 10.5. The Morgan fingerprint density at radius 2 is 1.95 bits per heavy atom. The third-order valence-corrected chi connectivity index (χ3v) is 5.02. The molecule has 2 N–H and O–H groups in total. The van der Waals surface area contributed by atoms with Crippen LogP contribution in [-0.4, -0.2) is 47.7 Å². The third kappa shape index (κ3) is 3.87. The molecule has 2 atom stereocenters. The maximum Gasteiger partial charge on any atom is 0.239 e. The van der Waals surface area contributed by atoms with Gasteiger partial charge in [-0.15, -0.1) is 0 Å². The molecule has 0 unspecified atom stereocenters. The number of aryl methyl sites for hydroxylation is 1. The zero-order valence-corrected chi connectivity index (χ0v) is 13.1. The molecule has 120 valence electrons. The summed E-state index contributed by atoms with van der Waals surface area (Å²) in [6.45, 7) is 2.28. The Labute approximate surface area is 132 Å². The summed E-state index contributed by atoms with van der Waals surface area (Å²) in [5.74, 6) is 0.907. The van der Waals surface area contributed by atoms with E-state index in [1.807, 2.05) is 4.90 Å². The molecule has 0 saturated carbocycles. The van der Waals surface area contributed by atoms with E-state index in [-0.39, 0.29) is 18.1 Å². The lowest BCUT2D eigenvalue weighted by atomic mass is 9.90. The summed E-state index contributed by atoms with van der Waals surface area (Å²) in [5.41, 5.74) is 1.41. The first kappa shape index (κ1) is 15.5. The van der Waals surface area contributed by atoms with E-state index in [0.717, 1.165) is 38.3 Å². The monoisotopic (exact) mass is 302 g/mol. The molecule has 22 heavy (non-hydrogen) atoms. The summed E-state index contributed by atoms with van der Waals surface area (Å²) in [4.78, 5) is 14.4. The van der Waals surface area contributed by atoms with Crippen LogP contribution in [0.15, 0.2) is 30.3 Å². The number of amides is 1. The van der Waals surface area contributed by atoms with Crippen molar-refractivity contribution in [1.82, 2.24) is 10.2 Å². The van der Waals surface area contributed by atoms with Crippen LogP contribution >= 0.6 is 0 Å². The number of nitrogens with one attached hydrogen (secondary N) is 1. The van der Waals surface area contributed by atoms with Gasteiger partial charge in [-0.1, -0.05) is 30.3 Å². The topological polar surface area (TPSA) is 52.6 Å². The van der Waals surface area contributed by atoms with Crippen LogP contribution < -0.4 is 5.32 Å². The van der Waals surface area contributed by atoms with Crippen molar-refractivity contribution in [3.05, 3.63) is 35.9 Å². The number of carbonyl (C=O) groups excluding carboxylic acids is 1. The number of rotatable bonds is 4. The van der Waals surface area contributed by atoms with Gasteiger partial charge in [0, 0.05) is 19.6 Å². The molecule has 0 bridgehead atoms. The second kappa shape index (κ2) is 7.25. The van der Waals surface area contributed by atoms with Gasteiger partial charge in [-0.3, -0.25) is 4.79 Å². The van der Waals surface area contributed by atoms with Gasteiger partial charge < -0.3 is 15.3 Å². The molecule has 2 heterocycles. The number of nitrogens with zero attached hydrogens (tertiary/aromatic N) is 1. The van der Waals surface area contributed by atoms with Crippen LogP contribution in [0, 0.1) is 5.92 Å². The van der Waals surface area contributed by atoms with Gasteiger partial charge in [-0.05, 0) is 43.6 Å². The number of aliphatic hydroxyl groups is 1. The minimum absolute atomic E-state index is 0.170. The summed E-state index contributed by atoms with van der Waals surface area (Å²) in [6.07, 6.45) is 4.76. The van der Waals surface area contributed by atoms with Crippen LogP contribution in [0.3, 0.4) is 0 Å². The van der Waals surface area contributed by atoms with E-state index in [9.17, 15) is 9.90 Å². The van der Waals surface area contributed by atoms with Crippen molar-refractivity contribution in [2.24, 2.45) is 5.92 Å². The standard InChI is InChI=1S/C18H26N2O2/c21-16-12-17(19-13-16)18(22)20-10-8-15(9-11-20)7-6-14-4-2-1-3-5-14/h1-5,15-17,19,21H,6-13H2/t16-,17+/m1/s1. The molecule has 0 aliphatic carbocycles. The smallest absolute Gasteiger partial charge is 0.239 e. The van der Waals surface area contributed by atoms with Crippen molar-refractivity contribution in [3.63, 3.8) is 0 Å². The molecule has 1 aromatic carbocycles. The van der Waals surface area contributed by atoms with Crippen molar-refractivity contribution in [3.8, 4) is 0 Å². The maximum atomic E-state index is 12.4. The van der Waals surface area contributed by atoms with Crippen LogP contribution in [0.4, 0.5) is 0 Å². The van der Waals surface area contributed by atoms with Crippen LogP contribution in [0.2, 0.25) is 0 Å². The maximum absolute atomic E-state index is 12.4. The number of benzene rings is 1. The van der Waals surface area contributed by atoms with Gasteiger partial charge in [0.25, 0.3) is 0 Å². The predicted octanol–water partition coefficient (Wildman–Crippen LogP) is 1.58. The van der Waals surface area contributed by atoms with Crippen molar-refractivity contribution in [2.75, 3.05) is 19.6 Å². The average Bonchev–Trinajstić information content (AvgIpc) is 3.00. The average molecular weight is 302 g/mol. The highest BCUT2D eigenvalue weighted by molar-refractivity contribution is 5.82. The van der Waals surface area contributed by atoms with Crippen LogP contribution in [0.5, 0.6) is 0 Å². The fourth-order valence-electron chi connectivity index (χ4n) is 3.58. The van der Waals surface area contributed by atoms with E-state index < -0.39 is 0 Å². The molecule has 4 heteroatoms. The second-order valence-corrected chi connectivity index (χ2v) is 6.64. The molecule has 0 radical (unpaired) electrons. The highest BCUT2D eigenvalue weighted by atomic mass is 16.3.